The fourth-order valence-electron chi connectivity index (χ4n) is 2.36. The van der Waals surface area contributed by atoms with Crippen LogP contribution < -0.4 is 4.90 Å². The predicted octanol–water partition coefficient (Wildman–Crippen LogP) is 2.30. The summed E-state index contributed by atoms with van der Waals surface area (Å²) in [5, 5.41) is 0.428. The predicted molar refractivity (Wildman–Crippen MR) is 71.5 cm³/mol. The standard InChI is InChI=1S/C12H13ClFNO3S/c1-8-3-2-4-10(13)12(8)15-6-9(5-11(15)16)7-19(14,17)18/h2-4,9H,5-7H2,1H3. The van der Waals surface area contributed by atoms with Crippen LogP contribution in [0.4, 0.5) is 9.57 Å². The smallest absolute Gasteiger partial charge is 0.302 e. The summed E-state index contributed by atoms with van der Waals surface area (Å²) in [7, 11) is -4.57. The monoisotopic (exact) mass is 305 g/mol. The summed E-state index contributed by atoms with van der Waals surface area (Å²) in [4.78, 5) is 13.4. The highest BCUT2D eigenvalue weighted by Crippen LogP contribution is 2.34. The first-order valence-corrected chi connectivity index (χ1v) is 7.69. The van der Waals surface area contributed by atoms with Crippen molar-refractivity contribution in [1.29, 1.82) is 0 Å². The number of anilines is 1. The van der Waals surface area contributed by atoms with E-state index < -0.39 is 21.9 Å². The summed E-state index contributed by atoms with van der Waals surface area (Å²) in [5.74, 6) is -1.39. The second kappa shape index (κ2) is 5.09. The quantitative estimate of drug-likeness (QED) is 0.805. The van der Waals surface area contributed by atoms with E-state index in [0.29, 0.717) is 10.7 Å². The van der Waals surface area contributed by atoms with Gasteiger partial charge >= 0.3 is 10.2 Å². The maximum Gasteiger partial charge on any atom is 0.302 e. The van der Waals surface area contributed by atoms with Crippen molar-refractivity contribution in [2.24, 2.45) is 5.92 Å². The topological polar surface area (TPSA) is 54.5 Å². The highest BCUT2D eigenvalue weighted by molar-refractivity contribution is 7.86. The van der Waals surface area contributed by atoms with Crippen LogP contribution in [-0.2, 0) is 15.0 Å². The van der Waals surface area contributed by atoms with E-state index in [1.807, 2.05) is 13.0 Å². The molecule has 104 valence electrons. The number of nitrogens with zero attached hydrogens (tertiary/aromatic N) is 1. The Labute approximate surface area is 116 Å². The summed E-state index contributed by atoms with van der Waals surface area (Å²) in [6.45, 7) is 1.99. The molecule has 0 bridgehead atoms. The Hall–Kier alpha value is -1.14. The lowest BCUT2D eigenvalue weighted by atomic mass is 10.1. The van der Waals surface area contributed by atoms with Gasteiger partial charge in [0.25, 0.3) is 0 Å². The maximum absolute atomic E-state index is 12.7. The van der Waals surface area contributed by atoms with Gasteiger partial charge in [0.2, 0.25) is 5.91 Å². The normalized spacial score (nSPS) is 20.1. The number of carbonyl (C=O) groups excluding carboxylic acids is 1. The minimum Gasteiger partial charge on any atom is -0.310 e. The number of benzene rings is 1. The number of carbonyl (C=O) groups is 1. The molecule has 0 aromatic heterocycles. The molecule has 4 nitrogen and oxygen atoms in total. The molecule has 1 aliphatic rings. The summed E-state index contributed by atoms with van der Waals surface area (Å²) < 4.78 is 34.0. The molecule has 1 aromatic carbocycles. The summed E-state index contributed by atoms with van der Waals surface area (Å²) >= 11 is 6.07. The van der Waals surface area contributed by atoms with E-state index in [4.69, 9.17) is 11.6 Å². The van der Waals surface area contributed by atoms with E-state index in [-0.39, 0.29) is 18.9 Å². The van der Waals surface area contributed by atoms with Gasteiger partial charge in [-0.05, 0) is 18.6 Å². The zero-order valence-corrected chi connectivity index (χ0v) is 11.8. The minimum atomic E-state index is -4.57. The molecule has 0 radical (unpaired) electrons. The van der Waals surface area contributed by atoms with Crippen LogP contribution in [0.25, 0.3) is 0 Å². The van der Waals surface area contributed by atoms with E-state index in [0.717, 1.165) is 5.56 Å². The fraction of sp³-hybridized carbons (Fsp3) is 0.417. The van der Waals surface area contributed by atoms with Gasteiger partial charge in [-0.2, -0.15) is 8.42 Å². The van der Waals surface area contributed by atoms with Gasteiger partial charge in [0, 0.05) is 18.9 Å². The van der Waals surface area contributed by atoms with Gasteiger partial charge < -0.3 is 4.90 Å². The van der Waals surface area contributed by atoms with Crippen LogP contribution in [0.1, 0.15) is 12.0 Å². The average Bonchev–Trinajstić information content (AvgIpc) is 2.56. The number of rotatable bonds is 3. The molecule has 7 heteroatoms. The second-order valence-corrected chi connectivity index (χ2v) is 6.50. The van der Waals surface area contributed by atoms with E-state index in [2.05, 4.69) is 0 Å². The molecule has 1 aliphatic heterocycles. The van der Waals surface area contributed by atoms with Crippen LogP contribution in [-0.4, -0.2) is 26.6 Å². The third-order valence-electron chi connectivity index (χ3n) is 3.10. The molecule has 0 spiro atoms. The van der Waals surface area contributed by atoms with Crippen LogP contribution in [0.2, 0.25) is 5.02 Å². The van der Waals surface area contributed by atoms with Gasteiger partial charge in [0.05, 0.1) is 16.5 Å². The van der Waals surface area contributed by atoms with Crippen molar-refractivity contribution in [3.8, 4) is 0 Å². The summed E-state index contributed by atoms with van der Waals surface area (Å²) in [5.41, 5.74) is 1.40. The summed E-state index contributed by atoms with van der Waals surface area (Å²) in [6.07, 6.45) is 0.0216. The Kier molecular flexibility index (Phi) is 3.82. The molecule has 1 atom stereocenters. The van der Waals surface area contributed by atoms with Crippen molar-refractivity contribution < 1.29 is 17.1 Å². The Morgan fingerprint density at radius 3 is 2.74 bits per heavy atom. The molecule has 0 N–H and O–H groups in total. The van der Waals surface area contributed by atoms with Gasteiger partial charge in [-0.1, -0.05) is 23.7 Å². The highest BCUT2D eigenvalue weighted by Gasteiger charge is 2.34. The molecular formula is C12H13ClFNO3S. The highest BCUT2D eigenvalue weighted by atomic mass is 35.5. The molecule has 0 saturated carbocycles. The third-order valence-corrected chi connectivity index (χ3v) is 4.27. The van der Waals surface area contributed by atoms with Crippen LogP contribution in [0.3, 0.4) is 0 Å². The van der Waals surface area contributed by atoms with Crippen molar-refractivity contribution >= 4 is 33.4 Å². The van der Waals surface area contributed by atoms with Gasteiger partial charge in [-0.25, -0.2) is 0 Å². The first-order chi connectivity index (χ1) is 8.78. The van der Waals surface area contributed by atoms with Gasteiger partial charge in [0.1, 0.15) is 0 Å². The zero-order chi connectivity index (χ0) is 14.2. The van der Waals surface area contributed by atoms with Gasteiger partial charge in [-0.3, -0.25) is 4.79 Å². The molecule has 1 heterocycles. The molecule has 1 unspecified atom stereocenters. The molecular weight excluding hydrogens is 293 g/mol. The fourth-order valence-corrected chi connectivity index (χ4v) is 3.47. The Bertz CT molecular complexity index is 597. The number of hydrogen-bond acceptors (Lipinski definition) is 3. The molecule has 1 saturated heterocycles. The molecule has 19 heavy (non-hydrogen) atoms. The Morgan fingerprint density at radius 1 is 1.47 bits per heavy atom. The minimum absolute atomic E-state index is 0.0216. The van der Waals surface area contributed by atoms with Crippen molar-refractivity contribution in [2.75, 3.05) is 17.2 Å². The zero-order valence-electron chi connectivity index (χ0n) is 10.3. The van der Waals surface area contributed by atoms with Crippen molar-refractivity contribution in [3.05, 3.63) is 28.8 Å². The molecule has 1 amide bonds. The van der Waals surface area contributed by atoms with E-state index in [9.17, 15) is 17.1 Å². The molecule has 1 fully saturated rings. The first kappa shape index (κ1) is 14.3. The van der Waals surface area contributed by atoms with Crippen LogP contribution in [0.15, 0.2) is 18.2 Å². The van der Waals surface area contributed by atoms with E-state index >= 15 is 0 Å². The van der Waals surface area contributed by atoms with Gasteiger partial charge in [-0.15, -0.1) is 3.89 Å². The molecule has 0 aliphatic carbocycles. The third kappa shape index (κ3) is 3.25. The average molecular weight is 306 g/mol. The van der Waals surface area contributed by atoms with Crippen LogP contribution in [0, 0.1) is 12.8 Å². The van der Waals surface area contributed by atoms with Crippen molar-refractivity contribution in [2.45, 2.75) is 13.3 Å². The molecule has 2 rings (SSSR count). The number of hydrogen-bond donors (Lipinski definition) is 0. The lowest BCUT2D eigenvalue weighted by molar-refractivity contribution is -0.117. The van der Waals surface area contributed by atoms with Crippen LogP contribution >= 0.6 is 11.6 Å². The second-order valence-electron chi connectivity index (χ2n) is 4.69. The first-order valence-electron chi connectivity index (χ1n) is 5.76. The lowest BCUT2D eigenvalue weighted by Gasteiger charge is -2.20. The largest absolute Gasteiger partial charge is 0.310 e. The van der Waals surface area contributed by atoms with Crippen molar-refractivity contribution in [1.82, 2.24) is 0 Å². The maximum atomic E-state index is 12.7. The van der Waals surface area contributed by atoms with Crippen LogP contribution in [0.5, 0.6) is 0 Å². The number of aryl methyl sites for hydroxylation is 1. The Morgan fingerprint density at radius 2 is 2.16 bits per heavy atom. The van der Waals surface area contributed by atoms with E-state index in [1.54, 1.807) is 12.1 Å². The number of para-hydroxylation sites is 1. The lowest BCUT2D eigenvalue weighted by Crippen LogP contribution is -2.26. The number of amides is 1. The molecule has 1 aromatic rings. The SMILES string of the molecule is Cc1cccc(Cl)c1N1CC(CS(=O)(=O)F)CC1=O. The van der Waals surface area contributed by atoms with Gasteiger partial charge in [0.15, 0.2) is 0 Å². The number of halogens is 2. The summed E-state index contributed by atoms with van der Waals surface area (Å²) in [6, 6.07) is 5.25. The Balaban J connectivity index is 2.26. The van der Waals surface area contributed by atoms with Crippen molar-refractivity contribution in [3.63, 3.8) is 0 Å². The van der Waals surface area contributed by atoms with E-state index in [1.165, 1.54) is 4.90 Å².